The Morgan fingerprint density at radius 2 is 0.964 bits per heavy atom. The fourth-order valence-corrected chi connectivity index (χ4v) is 8.57. The lowest BCUT2D eigenvalue weighted by Crippen LogP contribution is -2.59. The third kappa shape index (κ3) is 8.33. The number of nitrogens with zero attached hydrogens (tertiary/aromatic N) is 1. The van der Waals surface area contributed by atoms with Crippen LogP contribution in [0.1, 0.15) is 39.5 Å². The number of carbonyl (C=O) groups excluding carboxylic acids is 2. The maximum atomic E-state index is 13.8. The van der Waals surface area contributed by atoms with Gasteiger partial charge in [-0.05, 0) is 35.8 Å². The van der Waals surface area contributed by atoms with E-state index in [1.165, 1.54) is 4.90 Å². The average molecular weight is 808 g/mol. The molecule has 5 fully saturated rings. The van der Waals surface area contributed by atoms with Crippen LogP contribution in [0.25, 0.3) is 0 Å². The maximum Gasteiger partial charge on any atom is 0.236 e. The van der Waals surface area contributed by atoms with Gasteiger partial charge in [-0.2, -0.15) is 0 Å². The molecule has 2 amide bonds. The highest BCUT2D eigenvalue weighted by Crippen LogP contribution is 2.52. The highest BCUT2D eigenvalue weighted by molar-refractivity contribution is 6.07. The summed E-state index contributed by atoms with van der Waals surface area (Å²) < 4.78 is 40.4. The summed E-state index contributed by atoms with van der Waals surface area (Å²) in [5.41, 5.74) is 0.895. The molecule has 20 nitrogen and oxygen atoms in total. The van der Waals surface area contributed by atoms with Gasteiger partial charge in [0.25, 0.3) is 0 Å². The number of amides is 2. The Morgan fingerprint density at radius 3 is 1.46 bits per heavy atom. The van der Waals surface area contributed by atoms with Gasteiger partial charge in [0.15, 0.2) is 18.9 Å². The number of unbranched alkanes of at least 4 members (excludes halogenated alkanes) is 3. The van der Waals surface area contributed by atoms with E-state index >= 15 is 0 Å². The minimum Gasteiger partial charge on any atom is -0.394 e. The zero-order valence-corrected chi connectivity index (χ0v) is 31.3. The van der Waals surface area contributed by atoms with E-state index < -0.39 is 129 Å². The third-order valence-electron chi connectivity index (χ3n) is 12.3. The molecule has 6 heterocycles. The smallest absolute Gasteiger partial charge is 0.236 e. The van der Waals surface area contributed by atoms with E-state index in [-0.39, 0.29) is 44.8 Å². The van der Waals surface area contributed by atoms with Crippen molar-refractivity contribution in [2.45, 2.75) is 132 Å². The Balaban J connectivity index is 1.07. The molecule has 6 aliphatic rings. The quantitative estimate of drug-likeness (QED) is 0.0375. The lowest BCUT2D eigenvalue weighted by atomic mass is 9.77. The largest absolute Gasteiger partial charge is 0.394 e. The molecule has 6 rings (SSSR count). The second-order valence-corrected chi connectivity index (χ2v) is 15.6. The second kappa shape index (κ2) is 18.6. The normalized spacial score (nSPS) is 45.3. The molecule has 0 aromatic carbocycles. The molecule has 10 N–H and O–H groups in total. The van der Waals surface area contributed by atoms with E-state index in [2.05, 4.69) is 0 Å². The molecule has 0 aromatic rings. The molecule has 0 aliphatic carbocycles. The Bertz CT molecular complexity index is 1310. The van der Waals surface area contributed by atoms with Gasteiger partial charge < -0.3 is 84.2 Å². The van der Waals surface area contributed by atoms with E-state index in [0.29, 0.717) is 36.8 Å². The Labute approximate surface area is 323 Å². The summed E-state index contributed by atoms with van der Waals surface area (Å²) in [5, 5.41) is 101. The topological polar surface area (TPSA) is 304 Å². The summed E-state index contributed by atoms with van der Waals surface area (Å²) in [6, 6.07) is 0. The van der Waals surface area contributed by atoms with Crippen LogP contribution in [-0.4, -0.2) is 206 Å². The fraction of sp³-hybridized carbons (Fsp3) is 0.889. The Kier molecular flexibility index (Phi) is 14.6. The molecule has 19 atom stereocenters. The highest BCUT2D eigenvalue weighted by Gasteiger charge is 2.65. The predicted octanol–water partition coefficient (Wildman–Crippen LogP) is -4.77. The van der Waals surface area contributed by atoms with Gasteiger partial charge in [0.05, 0.1) is 63.2 Å². The molecule has 6 aliphatic heterocycles. The van der Waals surface area contributed by atoms with Gasteiger partial charge in [-0.1, -0.05) is 26.7 Å². The molecule has 0 spiro atoms. The van der Waals surface area contributed by atoms with Crippen LogP contribution in [0.15, 0.2) is 11.1 Å². The van der Waals surface area contributed by atoms with Crippen LogP contribution in [0.2, 0.25) is 0 Å². The number of hydrogen-bond donors (Lipinski definition) is 10. The first-order chi connectivity index (χ1) is 26.7. The monoisotopic (exact) mass is 807 g/mol. The number of aliphatic hydroxyl groups is 10. The lowest BCUT2D eigenvalue weighted by Gasteiger charge is -2.42. The van der Waals surface area contributed by atoms with Crippen LogP contribution in [0.5, 0.6) is 0 Å². The molecular weight excluding hydrogens is 750 g/mol. The van der Waals surface area contributed by atoms with Crippen LogP contribution >= 0.6 is 0 Å². The number of aliphatic hydroxyl groups excluding tert-OH is 10. The standard InChI is InChI=1S/C36H57NO19/c1-14-15(2)23(41)34(53-18(14)9-38)51-12-16-17(13-52-36-29(47)27(45)25(43)20(11-40)55-36)31-22-21(30(16)56-31)32(48)37(33(22)49)7-5-3-4-6-8-50-35-28(46)26(44)24(42)19(10-39)54-35/h14-15,18-31,34-36,38-47H,3-13H2,1-2H3/t14-,15+,18-,19-,20-,21?,22?,23-,24+,25+,26+,27+,28-,29-,30?,31?,34-,35-,36-/m1/s1. The number of ether oxygens (including phenoxy) is 7. The van der Waals surface area contributed by atoms with Gasteiger partial charge in [-0.25, -0.2) is 0 Å². The van der Waals surface area contributed by atoms with Crippen LogP contribution in [0, 0.1) is 23.7 Å². The minimum absolute atomic E-state index is 0.140. The fourth-order valence-electron chi connectivity index (χ4n) is 8.57. The van der Waals surface area contributed by atoms with Gasteiger partial charge in [-0.15, -0.1) is 0 Å². The van der Waals surface area contributed by atoms with E-state index in [9.17, 15) is 60.7 Å². The zero-order chi connectivity index (χ0) is 40.6. The van der Waals surface area contributed by atoms with Crippen molar-refractivity contribution < 1.29 is 93.8 Å². The van der Waals surface area contributed by atoms with E-state index in [4.69, 9.17) is 33.2 Å². The highest BCUT2D eigenvalue weighted by atomic mass is 16.7. The van der Waals surface area contributed by atoms with E-state index in [1.807, 2.05) is 13.8 Å². The maximum absolute atomic E-state index is 13.8. The molecular formula is C36H57NO19. The first kappa shape index (κ1) is 43.8. The molecule has 0 radical (unpaired) electrons. The van der Waals surface area contributed by atoms with Crippen LogP contribution < -0.4 is 0 Å². The summed E-state index contributed by atoms with van der Waals surface area (Å²) in [5.74, 6) is -3.04. The zero-order valence-electron chi connectivity index (χ0n) is 31.3. The number of imide groups is 1. The molecule has 2 bridgehead atoms. The molecule has 320 valence electrons. The van der Waals surface area contributed by atoms with Crippen LogP contribution in [0.3, 0.4) is 0 Å². The molecule has 0 saturated carbocycles. The van der Waals surface area contributed by atoms with Crippen molar-refractivity contribution in [1.82, 2.24) is 4.90 Å². The molecule has 0 aromatic heterocycles. The second-order valence-electron chi connectivity index (χ2n) is 15.6. The molecule has 56 heavy (non-hydrogen) atoms. The van der Waals surface area contributed by atoms with Crippen molar-refractivity contribution in [2.75, 3.05) is 46.2 Å². The summed E-state index contributed by atoms with van der Waals surface area (Å²) >= 11 is 0. The summed E-state index contributed by atoms with van der Waals surface area (Å²) in [6.07, 6.45) is -16.9. The summed E-state index contributed by atoms with van der Waals surface area (Å²) in [6.45, 7) is 1.91. The summed E-state index contributed by atoms with van der Waals surface area (Å²) in [4.78, 5) is 28.8. The lowest BCUT2D eigenvalue weighted by molar-refractivity contribution is -0.301. The predicted molar refractivity (Wildman–Crippen MR) is 183 cm³/mol. The van der Waals surface area contributed by atoms with Crippen LogP contribution in [-0.2, 0) is 42.7 Å². The van der Waals surface area contributed by atoms with Crippen molar-refractivity contribution in [3.05, 3.63) is 11.1 Å². The van der Waals surface area contributed by atoms with E-state index in [0.717, 1.165) is 0 Å². The van der Waals surface area contributed by atoms with Gasteiger partial charge in [0.1, 0.15) is 54.9 Å². The van der Waals surface area contributed by atoms with Crippen LogP contribution in [0.4, 0.5) is 0 Å². The molecule has 4 unspecified atom stereocenters. The Morgan fingerprint density at radius 1 is 0.518 bits per heavy atom. The first-order valence-corrected chi connectivity index (χ1v) is 19.4. The van der Waals surface area contributed by atoms with Crippen molar-refractivity contribution in [3.8, 4) is 0 Å². The Hall–Kier alpha value is -1.80. The number of rotatable bonds is 17. The first-order valence-electron chi connectivity index (χ1n) is 19.4. The van der Waals surface area contributed by atoms with Gasteiger partial charge >= 0.3 is 0 Å². The molecule has 5 saturated heterocycles. The molecule has 20 heteroatoms. The van der Waals surface area contributed by atoms with Crippen molar-refractivity contribution in [2.24, 2.45) is 23.7 Å². The van der Waals surface area contributed by atoms with Crippen molar-refractivity contribution >= 4 is 11.8 Å². The third-order valence-corrected chi connectivity index (χ3v) is 12.3. The average Bonchev–Trinajstić information content (AvgIpc) is 3.83. The van der Waals surface area contributed by atoms with Gasteiger partial charge in [-0.3, -0.25) is 14.5 Å². The number of likely N-dealkylation sites (tertiary alicyclic amines) is 1. The minimum atomic E-state index is -1.69. The number of fused-ring (bicyclic) bond motifs is 5. The number of hydrogen-bond acceptors (Lipinski definition) is 19. The summed E-state index contributed by atoms with van der Waals surface area (Å²) in [7, 11) is 0. The van der Waals surface area contributed by atoms with E-state index in [1.54, 1.807) is 0 Å². The van der Waals surface area contributed by atoms with Crippen molar-refractivity contribution in [3.63, 3.8) is 0 Å². The van der Waals surface area contributed by atoms with Gasteiger partial charge in [0.2, 0.25) is 11.8 Å². The van der Waals surface area contributed by atoms with Crippen molar-refractivity contribution in [1.29, 1.82) is 0 Å². The van der Waals surface area contributed by atoms with Gasteiger partial charge in [0, 0.05) is 13.2 Å². The SMILES string of the molecule is C[C@@H]1[C@H](C)[C@@H](O)[C@H](OCC2=C(CO[C@@H]3O[C@H](CO)[C@H](O)[C@H](O)[C@H]3O)C3OC2C2C(=O)N(CCCCCCO[C@@H]4O[C@H](CO)[C@H](O)[C@H](O)[C@H]4O)C(=O)C32)O[C@@H]1CO. The number of carbonyl (C=O) groups is 2.